The summed E-state index contributed by atoms with van der Waals surface area (Å²) in [4.78, 5) is 11.8. The number of fused-ring (bicyclic) bond motifs is 1. The van der Waals surface area contributed by atoms with Crippen LogP contribution in [-0.2, 0) is 13.0 Å². The van der Waals surface area contributed by atoms with Gasteiger partial charge in [0.2, 0.25) is 0 Å². The number of aryl methyl sites for hydroxylation is 2. The summed E-state index contributed by atoms with van der Waals surface area (Å²) in [5.74, 6) is 0.160. The third-order valence-corrected chi connectivity index (χ3v) is 4.48. The summed E-state index contributed by atoms with van der Waals surface area (Å²) >= 11 is 0. The van der Waals surface area contributed by atoms with Gasteiger partial charge in [0.1, 0.15) is 11.3 Å². The Bertz CT molecular complexity index is 957. The largest absolute Gasteiger partial charge is 0.508 e. The predicted molar refractivity (Wildman–Crippen MR) is 96.8 cm³/mol. The van der Waals surface area contributed by atoms with Gasteiger partial charge in [-0.1, -0.05) is 19.1 Å². The Labute approximate surface area is 140 Å². The minimum absolute atomic E-state index is 0.160. The molecule has 1 aromatic heterocycles. The van der Waals surface area contributed by atoms with E-state index in [1.54, 1.807) is 0 Å². The van der Waals surface area contributed by atoms with E-state index in [2.05, 4.69) is 25.2 Å². The minimum Gasteiger partial charge on any atom is -0.508 e. The third-order valence-electron chi connectivity index (χ3n) is 4.48. The maximum Gasteiger partial charge on any atom is 0.336 e. The molecule has 2 N–H and O–H groups in total. The zero-order valence-corrected chi connectivity index (χ0v) is 14.1. The highest BCUT2D eigenvalue weighted by Gasteiger charge is 2.10. The molecule has 0 atom stereocenters. The van der Waals surface area contributed by atoms with E-state index >= 15 is 0 Å². The summed E-state index contributed by atoms with van der Waals surface area (Å²) in [5, 5.41) is 14.2. The Kier molecular flexibility index (Phi) is 4.30. The molecule has 0 fully saturated rings. The summed E-state index contributed by atoms with van der Waals surface area (Å²) in [5.41, 5.74) is 5.15. The number of anilines is 1. The molecule has 124 valence electrons. The van der Waals surface area contributed by atoms with Crippen LogP contribution < -0.4 is 10.9 Å². The van der Waals surface area contributed by atoms with E-state index in [0.717, 1.165) is 22.2 Å². The number of aromatic hydroxyl groups is 1. The molecular weight excluding hydrogens is 302 g/mol. The second-order valence-electron chi connectivity index (χ2n) is 6.02. The van der Waals surface area contributed by atoms with E-state index in [1.165, 1.54) is 23.3 Å². The molecular formula is C20H21NO3. The lowest BCUT2D eigenvalue weighted by Gasteiger charge is -2.13. The van der Waals surface area contributed by atoms with E-state index in [1.807, 2.05) is 25.1 Å². The molecule has 1 heterocycles. The monoisotopic (exact) mass is 323 g/mol. The number of hydrogen-bond donors (Lipinski definition) is 2. The van der Waals surface area contributed by atoms with Crippen LogP contribution in [0.15, 0.2) is 45.6 Å². The van der Waals surface area contributed by atoms with Gasteiger partial charge in [-0.15, -0.1) is 0 Å². The van der Waals surface area contributed by atoms with Crippen molar-refractivity contribution in [2.75, 3.05) is 5.32 Å². The highest BCUT2D eigenvalue weighted by Crippen LogP contribution is 2.27. The first-order valence-corrected chi connectivity index (χ1v) is 8.08. The SMILES string of the molecule is CCc1cc2c(CNc3cccc(C)c3C)cc(=O)oc2cc1O. The Hall–Kier alpha value is -2.75. The molecule has 3 aromatic rings. The molecule has 0 spiro atoms. The smallest absolute Gasteiger partial charge is 0.336 e. The zero-order valence-electron chi connectivity index (χ0n) is 14.1. The van der Waals surface area contributed by atoms with Gasteiger partial charge in [0, 0.05) is 29.8 Å². The molecule has 0 unspecified atom stereocenters. The van der Waals surface area contributed by atoms with Crippen LogP contribution in [0.1, 0.15) is 29.2 Å². The normalized spacial score (nSPS) is 11.0. The van der Waals surface area contributed by atoms with Crippen molar-refractivity contribution in [2.24, 2.45) is 0 Å². The van der Waals surface area contributed by atoms with Crippen molar-refractivity contribution in [3.63, 3.8) is 0 Å². The molecule has 3 rings (SSSR count). The van der Waals surface area contributed by atoms with Crippen LogP contribution in [0.4, 0.5) is 5.69 Å². The fourth-order valence-corrected chi connectivity index (χ4v) is 2.87. The number of rotatable bonds is 4. The number of nitrogens with one attached hydrogen (secondary N) is 1. The first kappa shape index (κ1) is 16.1. The maximum absolute atomic E-state index is 11.8. The summed E-state index contributed by atoms with van der Waals surface area (Å²) in [7, 11) is 0. The second kappa shape index (κ2) is 6.40. The van der Waals surface area contributed by atoms with E-state index in [9.17, 15) is 9.90 Å². The molecule has 0 aliphatic rings. The fourth-order valence-electron chi connectivity index (χ4n) is 2.87. The fraction of sp³-hybridized carbons (Fsp3) is 0.250. The number of benzene rings is 2. The van der Waals surface area contributed by atoms with Crippen molar-refractivity contribution >= 4 is 16.7 Å². The number of phenols is 1. The highest BCUT2D eigenvalue weighted by molar-refractivity contribution is 5.83. The van der Waals surface area contributed by atoms with Crippen molar-refractivity contribution in [3.8, 4) is 5.75 Å². The van der Waals surface area contributed by atoms with Gasteiger partial charge in [-0.3, -0.25) is 0 Å². The van der Waals surface area contributed by atoms with Gasteiger partial charge >= 0.3 is 5.63 Å². The molecule has 4 heteroatoms. The highest BCUT2D eigenvalue weighted by atomic mass is 16.4. The van der Waals surface area contributed by atoms with Gasteiger partial charge in [0.15, 0.2) is 0 Å². The van der Waals surface area contributed by atoms with E-state index < -0.39 is 5.63 Å². The quantitative estimate of drug-likeness (QED) is 0.703. The Balaban J connectivity index is 2.02. The molecule has 24 heavy (non-hydrogen) atoms. The summed E-state index contributed by atoms with van der Waals surface area (Å²) in [6.45, 7) is 6.64. The first-order valence-electron chi connectivity index (χ1n) is 8.08. The van der Waals surface area contributed by atoms with Crippen LogP contribution >= 0.6 is 0 Å². The molecule has 0 radical (unpaired) electrons. The van der Waals surface area contributed by atoms with Crippen LogP contribution in [0.25, 0.3) is 11.0 Å². The van der Waals surface area contributed by atoms with Crippen LogP contribution in [0.5, 0.6) is 5.75 Å². The van der Waals surface area contributed by atoms with Crippen molar-refractivity contribution in [3.05, 3.63) is 69.1 Å². The molecule has 2 aromatic carbocycles. The summed E-state index contributed by atoms with van der Waals surface area (Å²) in [6.07, 6.45) is 0.713. The molecule has 0 bridgehead atoms. The van der Waals surface area contributed by atoms with Crippen LogP contribution in [0.2, 0.25) is 0 Å². The van der Waals surface area contributed by atoms with Gasteiger partial charge in [0.25, 0.3) is 0 Å². The molecule has 0 saturated heterocycles. The van der Waals surface area contributed by atoms with E-state index in [-0.39, 0.29) is 5.75 Å². The lowest BCUT2D eigenvalue weighted by atomic mass is 10.0. The van der Waals surface area contributed by atoms with Crippen molar-refractivity contribution in [1.82, 2.24) is 0 Å². The first-order chi connectivity index (χ1) is 11.5. The lowest BCUT2D eigenvalue weighted by molar-refractivity contribution is 0.466. The Morgan fingerprint density at radius 2 is 1.92 bits per heavy atom. The summed E-state index contributed by atoms with van der Waals surface area (Å²) in [6, 6.07) is 11.0. The molecule has 0 amide bonds. The van der Waals surface area contributed by atoms with Crippen LogP contribution in [0.3, 0.4) is 0 Å². The van der Waals surface area contributed by atoms with Gasteiger partial charge in [-0.2, -0.15) is 0 Å². The van der Waals surface area contributed by atoms with Gasteiger partial charge < -0.3 is 14.8 Å². The lowest BCUT2D eigenvalue weighted by Crippen LogP contribution is -2.07. The predicted octanol–water partition coefficient (Wildman–Crippen LogP) is 4.29. The second-order valence-corrected chi connectivity index (χ2v) is 6.02. The number of phenolic OH excluding ortho intramolecular Hbond substituents is 1. The summed E-state index contributed by atoms with van der Waals surface area (Å²) < 4.78 is 5.23. The Morgan fingerprint density at radius 3 is 2.67 bits per heavy atom. The van der Waals surface area contributed by atoms with Gasteiger partial charge in [-0.05, 0) is 54.7 Å². The van der Waals surface area contributed by atoms with Crippen molar-refractivity contribution in [1.29, 1.82) is 0 Å². The topological polar surface area (TPSA) is 62.5 Å². The van der Waals surface area contributed by atoms with Crippen molar-refractivity contribution in [2.45, 2.75) is 33.7 Å². The van der Waals surface area contributed by atoms with Crippen molar-refractivity contribution < 1.29 is 9.52 Å². The molecule has 0 aliphatic heterocycles. The average Bonchev–Trinajstić information content (AvgIpc) is 2.55. The van der Waals surface area contributed by atoms with E-state index in [4.69, 9.17) is 4.42 Å². The standard InChI is InChI=1S/C20H21NO3/c1-4-14-8-16-15(9-20(23)24-19(16)10-18(14)22)11-21-17-7-5-6-12(2)13(17)3/h5-10,21-22H,4,11H2,1-3H3. The average molecular weight is 323 g/mol. The molecule has 0 aliphatic carbocycles. The minimum atomic E-state index is -0.413. The maximum atomic E-state index is 11.8. The zero-order chi connectivity index (χ0) is 17.3. The molecule has 0 saturated carbocycles. The van der Waals surface area contributed by atoms with E-state index in [0.29, 0.717) is 18.5 Å². The van der Waals surface area contributed by atoms with Gasteiger partial charge in [-0.25, -0.2) is 4.79 Å². The third kappa shape index (κ3) is 3.00. The van der Waals surface area contributed by atoms with Gasteiger partial charge in [0.05, 0.1) is 0 Å². The van der Waals surface area contributed by atoms with Crippen LogP contribution in [0, 0.1) is 13.8 Å². The van der Waals surface area contributed by atoms with Crippen LogP contribution in [-0.4, -0.2) is 5.11 Å². The number of hydrogen-bond acceptors (Lipinski definition) is 4. The Morgan fingerprint density at radius 1 is 1.12 bits per heavy atom. The molecule has 4 nitrogen and oxygen atoms in total.